The van der Waals surface area contributed by atoms with E-state index in [-0.39, 0.29) is 50.8 Å². The first kappa shape index (κ1) is 49.7. The molecule has 0 fully saturated rings. The highest BCUT2D eigenvalue weighted by Gasteiger charge is 2.42. The lowest BCUT2D eigenvalue weighted by atomic mass is 9.79. The number of hydrogen-bond donors (Lipinski definition) is 0. The van der Waals surface area contributed by atoms with Gasteiger partial charge < -0.3 is 37.5 Å². The van der Waals surface area contributed by atoms with Gasteiger partial charge in [-0.25, -0.2) is 4.67 Å². The van der Waals surface area contributed by atoms with Crippen LogP contribution in [-0.4, -0.2) is 71.6 Å². The lowest BCUT2D eigenvalue weighted by molar-refractivity contribution is -0.0656. The third kappa shape index (κ3) is 11.6. The summed E-state index contributed by atoms with van der Waals surface area (Å²) in [6, 6.07) is 55.0. The van der Waals surface area contributed by atoms with E-state index >= 15 is 0 Å². The Morgan fingerprint density at radius 1 is 0.455 bits per heavy atom. The van der Waals surface area contributed by atoms with E-state index < -0.39 is 19.7 Å². The Balaban J connectivity index is 1.51. The molecule has 0 heterocycles. The summed E-state index contributed by atoms with van der Waals surface area (Å²) in [6.45, 7) is 9.35. The minimum atomic E-state index is -1.59. The molecular formula is C55H63N2O8P. The van der Waals surface area contributed by atoms with Crippen molar-refractivity contribution >= 4 is 8.53 Å². The highest BCUT2D eigenvalue weighted by molar-refractivity contribution is 7.44. The lowest BCUT2D eigenvalue weighted by Crippen LogP contribution is -2.39. The first-order valence-electron chi connectivity index (χ1n) is 22.3. The monoisotopic (exact) mass is 910 g/mol. The summed E-state index contributed by atoms with van der Waals surface area (Å²) in [5, 5.41) is 9.49. The molecule has 0 N–H and O–H groups in total. The Kier molecular flexibility index (Phi) is 18.2. The maximum absolute atomic E-state index is 9.49. The molecular weight excluding hydrogens is 848 g/mol. The van der Waals surface area contributed by atoms with Gasteiger partial charge in [0.2, 0.25) is 0 Å². The van der Waals surface area contributed by atoms with E-state index in [9.17, 15) is 5.26 Å². The largest absolute Gasteiger partial charge is 0.497 e. The van der Waals surface area contributed by atoms with E-state index in [1.165, 1.54) is 0 Å². The molecule has 11 heteroatoms. The molecule has 0 radical (unpaired) electrons. The smallest absolute Gasteiger partial charge is 0.259 e. The van der Waals surface area contributed by atoms with Crippen LogP contribution in [0.2, 0.25) is 0 Å². The van der Waals surface area contributed by atoms with E-state index in [4.69, 9.17) is 37.5 Å². The second kappa shape index (κ2) is 24.1. The number of methoxy groups -OCH3 is 4. The van der Waals surface area contributed by atoms with Gasteiger partial charge >= 0.3 is 0 Å². The first-order chi connectivity index (χ1) is 32.1. The van der Waals surface area contributed by atoms with E-state index in [2.05, 4.69) is 111 Å². The fraction of sp³-hybridized carbons (Fsp3) is 0.327. The topological polar surface area (TPSA) is 101 Å². The SMILES string of the molecule is COc1ccc(C(OCC(COP(OCCC#N)N(C(C)C)C(C)C)COC(c2ccccc2)(c2ccc(OC)cc2)c2ccc(OC)cc2)(c2ccccc2)c2ccc(OC)cc2)cc1. The van der Waals surface area contributed by atoms with Crippen LogP contribution < -0.4 is 18.9 Å². The van der Waals surface area contributed by atoms with Crippen molar-refractivity contribution in [3.8, 4) is 29.1 Å². The van der Waals surface area contributed by atoms with Crippen molar-refractivity contribution in [3.05, 3.63) is 191 Å². The molecule has 6 aromatic carbocycles. The summed E-state index contributed by atoms with van der Waals surface area (Å²) < 4.78 is 53.2. The molecule has 0 aromatic heterocycles. The van der Waals surface area contributed by atoms with Gasteiger partial charge in [-0.1, -0.05) is 109 Å². The number of nitriles is 1. The van der Waals surface area contributed by atoms with Crippen molar-refractivity contribution in [1.29, 1.82) is 5.26 Å². The van der Waals surface area contributed by atoms with Crippen LogP contribution in [0.15, 0.2) is 158 Å². The van der Waals surface area contributed by atoms with Gasteiger partial charge in [0.25, 0.3) is 8.53 Å². The zero-order valence-electron chi connectivity index (χ0n) is 39.4. The Bertz CT molecular complexity index is 2130. The van der Waals surface area contributed by atoms with Gasteiger partial charge in [-0.05, 0) is 110 Å². The number of rotatable bonds is 25. The summed E-state index contributed by atoms with van der Waals surface area (Å²) >= 11 is 0. The van der Waals surface area contributed by atoms with Crippen LogP contribution in [0.5, 0.6) is 23.0 Å². The third-order valence-electron chi connectivity index (χ3n) is 11.5. The van der Waals surface area contributed by atoms with Gasteiger partial charge in [-0.2, -0.15) is 5.26 Å². The molecule has 0 spiro atoms. The van der Waals surface area contributed by atoms with E-state index in [0.717, 1.165) is 56.4 Å². The third-order valence-corrected chi connectivity index (χ3v) is 13.6. The number of benzene rings is 6. The van der Waals surface area contributed by atoms with E-state index in [1.807, 2.05) is 84.9 Å². The van der Waals surface area contributed by atoms with Crippen LogP contribution >= 0.6 is 8.53 Å². The zero-order chi connectivity index (χ0) is 46.9. The highest BCUT2D eigenvalue weighted by Crippen LogP contribution is 2.48. The van der Waals surface area contributed by atoms with Crippen molar-refractivity contribution in [2.45, 2.75) is 57.4 Å². The standard InChI is InChI=1S/C55H63N2O8P/c1-41(2)57(42(3)4)66(64-37-15-36-56)65-40-43(38-62-54(44-16-11-9-12-17-44,46-20-28-50(58-5)29-21-46)47-22-30-51(59-6)31-23-47)39-63-55(45-18-13-10-14-19-45,48-24-32-52(60-7)33-25-48)49-26-34-53(61-8)35-27-49/h9-14,16-35,41-43H,15,37-40H2,1-8H3. The van der Waals surface area contributed by atoms with Crippen molar-refractivity contribution in [2.75, 3.05) is 54.9 Å². The fourth-order valence-electron chi connectivity index (χ4n) is 8.26. The highest BCUT2D eigenvalue weighted by atomic mass is 31.2. The number of nitrogens with zero attached hydrogens (tertiary/aromatic N) is 2. The Morgan fingerprint density at radius 2 is 0.773 bits per heavy atom. The maximum atomic E-state index is 9.49. The number of hydrogen-bond acceptors (Lipinski definition) is 10. The molecule has 10 nitrogen and oxygen atoms in total. The van der Waals surface area contributed by atoms with Crippen molar-refractivity contribution in [2.24, 2.45) is 5.92 Å². The van der Waals surface area contributed by atoms with Crippen LogP contribution in [0.1, 0.15) is 67.5 Å². The van der Waals surface area contributed by atoms with Gasteiger partial charge in [-0.3, -0.25) is 0 Å². The molecule has 0 bridgehead atoms. The molecule has 0 aliphatic carbocycles. The summed E-state index contributed by atoms with van der Waals surface area (Å²) in [7, 11) is 5.06. The summed E-state index contributed by atoms with van der Waals surface area (Å²) in [5.41, 5.74) is 3.29. The Hall–Kier alpha value is -5.76. The van der Waals surface area contributed by atoms with Crippen LogP contribution in [0, 0.1) is 17.2 Å². The zero-order valence-corrected chi connectivity index (χ0v) is 40.3. The molecule has 0 aliphatic rings. The Morgan fingerprint density at radius 3 is 1.06 bits per heavy atom. The average Bonchev–Trinajstić information content (AvgIpc) is 3.36. The van der Waals surface area contributed by atoms with E-state index in [0.29, 0.717) is 0 Å². The summed E-state index contributed by atoms with van der Waals surface area (Å²) in [5.74, 6) is 2.54. The maximum Gasteiger partial charge on any atom is 0.259 e. The van der Waals surface area contributed by atoms with Crippen LogP contribution in [0.4, 0.5) is 0 Å². The van der Waals surface area contributed by atoms with Gasteiger partial charge in [0, 0.05) is 18.0 Å². The molecule has 0 saturated carbocycles. The predicted molar refractivity (Wildman–Crippen MR) is 261 cm³/mol. The van der Waals surface area contributed by atoms with Crippen LogP contribution in [0.25, 0.3) is 0 Å². The molecule has 0 aliphatic heterocycles. The molecule has 1 atom stereocenters. The minimum absolute atomic E-state index is 0.107. The van der Waals surface area contributed by atoms with Gasteiger partial charge in [0.15, 0.2) is 0 Å². The van der Waals surface area contributed by atoms with E-state index in [1.54, 1.807) is 28.4 Å². The summed E-state index contributed by atoms with van der Waals surface area (Å²) in [6.07, 6.45) is 0.245. The second-order valence-corrected chi connectivity index (χ2v) is 17.8. The molecule has 1 unspecified atom stereocenters. The molecule has 66 heavy (non-hydrogen) atoms. The quantitative estimate of drug-likeness (QED) is 0.0313. The van der Waals surface area contributed by atoms with Crippen LogP contribution in [-0.2, 0) is 29.7 Å². The van der Waals surface area contributed by atoms with Gasteiger partial charge in [0.1, 0.15) is 34.2 Å². The van der Waals surface area contributed by atoms with Gasteiger partial charge in [0.05, 0.1) is 67.4 Å². The van der Waals surface area contributed by atoms with Crippen molar-refractivity contribution in [3.63, 3.8) is 0 Å². The average molecular weight is 911 g/mol. The van der Waals surface area contributed by atoms with Crippen molar-refractivity contribution in [1.82, 2.24) is 4.67 Å². The Labute approximate surface area is 392 Å². The molecule has 0 amide bonds. The van der Waals surface area contributed by atoms with Crippen molar-refractivity contribution < 1.29 is 37.5 Å². The molecule has 6 rings (SSSR count). The molecule has 0 saturated heterocycles. The normalized spacial score (nSPS) is 12.3. The van der Waals surface area contributed by atoms with Gasteiger partial charge in [-0.15, -0.1) is 0 Å². The number of ether oxygens (including phenoxy) is 6. The van der Waals surface area contributed by atoms with Crippen LogP contribution in [0.3, 0.4) is 0 Å². The second-order valence-electron chi connectivity index (χ2n) is 16.3. The predicted octanol–water partition coefficient (Wildman–Crippen LogP) is 11.9. The lowest BCUT2D eigenvalue weighted by Gasteiger charge is -2.40. The molecule has 346 valence electrons. The molecule has 6 aromatic rings. The fourth-order valence-corrected chi connectivity index (χ4v) is 9.94. The first-order valence-corrected chi connectivity index (χ1v) is 23.4. The summed E-state index contributed by atoms with van der Waals surface area (Å²) in [4.78, 5) is 0. The minimum Gasteiger partial charge on any atom is -0.497 e.